The van der Waals surface area contributed by atoms with Gasteiger partial charge >= 0.3 is 0 Å². The van der Waals surface area contributed by atoms with E-state index in [0.717, 1.165) is 41.1 Å². The van der Waals surface area contributed by atoms with E-state index < -0.39 is 0 Å². The molecule has 158 valence electrons. The maximum absolute atomic E-state index is 13.3. The molecule has 2 aromatic heterocycles. The van der Waals surface area contributed by atoms with Crippen molar-refractivity contribution < 1.29 is 14.0 Å². The number of carbonyl (C=O) groups is 2. The van der Waals surface area contributed by atoms with E-state index in [1.807, 2.05) is 44.2 Å². The van der Waals surface area contributed by atoms with Crippen molar-refractivity contribution in [3.63, 3.8) is 0 Å². The third kappa shape index (κ3) is 4.12. The zero-order valence-corrected chi connectivity index (χ0v) is 17.6. The zero-order chi connectivity index (χ0) is 21.8. The number of hydrazone groups is 1. The van der Waals surface area contributed by atoms with Crippen LogP contribution in [0, 0.1) is 6.92 Å². The van der Waals surface area contributed by atoms with Crippen LogP contribution in [0.25, 0.3) is 0 Å². The van der Waals surface area contributed by atoms with Crippen molar-refractivity contribution in [2.75, 3.05) is 11.4 Å². The minimum absolute atomic E-state index is 0.180. The average molecular weight is 416 g/mol. The second-order valence-electron chi connectivity index (χ2n) is 7.33. The molecule has 31 heavy (non-hydrogen) atoms. The summed E-state index contributed by atoms with van der Waals surface area (Å²) in [6.07, 6.45) is 5.40. The topological polar surface area (TPSA) is 87.8 Å². The summed E-state index contributed by atoms with van der Waals surface area (Å²) < 4.78 is 6.03. The first-order valence-corrected chi connectivity index (χ1v) is 10.4. The van der Waals surface area contributed by atoms with Crippen LogP contribution < -0.4 is 10.3 Å². The summed E-state index contributed by atoms with van der Waals surface area (Å²) in [5, 5.41) is 4.37. The number of carbonyl (C=O) groups excluding carboxylic acids is 2. The number of fused-ring (bicyclic) bond motifs is 1. The fourth-order valence-electron chi connectivity index (χ4n) is 3.84. The second-order valence-corrected chi connectivity index (χ2v) is 7.33. The second kappa shape index (κ2) is 8.95. The van der Waals surface area contributed by atoms with Crippen molar-refractivity contribution in [3.8, 4) is 0 Å². The SMILES string of the molecule is CCN(C(=O)c1oc2c(c1C)/C(=N/NC(=O)c1ccncc1)CCC2)c1ccccc1. The monoisotopic (exact) mass is 416 g/mol. The maximum Gasteiger partial charge on any atom is 0.294 e. The van der Waals surface area contributed by atoms with E-state index in [4.69, 9.17) is 4.42 Å². The predicted molar refractivity (Wildman–Crippen MR) is 118 cm³/mol. The molecule has 7 heteroatoms. The molecule has 0 saturated carbocycles. The van der Waals surface area contributed by atoms with Crippen LogP contribution in [-0.2, 0) is 6.42 Å². The molecule has 0 saturated heterocycles. The molecule has 0 radical (unpaired) electrons. The van der Waals surface area contributed by atoms with Crippen LogP contribution in [-0.4, -0.2) is 29.1 Å². The van der Waals surface area contributed by atoms with Crippen molar-refractivity contribution >= 4 is 23.2 Å². The molecule has 0 unspecified atom stereocenters. The highest BCUT2D eigenvalue weighted by Gasteiger charge is 2.30. The molecular formula is C24H24N4O3. The highest BCUT2D eigenvalue weighted by molar-refractivity contribution is 6.10. The first-order valence-electron chi connectivity index (χ1n) is 10.4. The van der Waals surface area contributed by atoms with E-state index in [1.165, 1.54) is 0 Å². The van der Waals surface area contributed by atoms with Gasteiger partial charge in [0, 0.05) is 47.7 Å². The number of rotatable bonds is 5. The Kier molecular flexibility index (Phi) is 5.93. The number of aryl methyl sites for hydroxylation is 1. The van der Waals surface area contributed by atoms with Crippen molar-refractivity contribution in [2.24, 2.45) is 5.10 Å². The van der Waals surface area contributed by atoms with E-state index in [1.54, 1.807) is 29.4 Å². The summed E-state index contributed by atoms with van der Waals surface area (Å²) in [5.74, 6) is 0.584. The molecule has 3 aromatic rings. The Labute approximate surface area is 180 Å². The van der Waals surface area contributed by atoms with Gasteiger partial charge in [-0.15, -0.1) is 0 Å². The molecule has 7 nitrogen and oxygen atoms in total. The zero-order valence-electron chi connectivity index (χ0n) is 17.6. The van der Waals surface area contributed by atoms with Crippen LogP contribution >= 0.6 is 0 Å². The number of anilines is 1. The normalized spacial score (nSPS) is 14.2. The number of hydrogen-bond acceptors (Lipinski definition) is 5. The Balaban J connectivity index is 1.62. The summed E-state index contributed by atoms with van der Waals surface area (Å²) in [7, 11) is 0. The van der Waals surface area contributed by atoms with Crippen molar-refractivity contribution in [2.45, 2.75) is 33.1 Å². The lowest BCUT2D eigenvalue weighted by molar-refractivity contribution is 0.0949. The van der Waals surface area contributed by atoms with Gasteiger partial charge in [0.25, 0.3) is 11.8 Å². The summed E-state index contributed by atoms with van der Waals surface area (Å²) in [6.45, 7) is 4.33. The van der Waals surface area contributed by atoms with Crippen molar-refractivity contribution in [1.82, 2.24) is 10.4 Å². The smallest absolute Gasteiger partial charge is 0.294 e. The molecule has 1 N–H and O–H groups in total. The van der Waals surface area contributed by atoms with Crippen LogP contribution in [0.1, 0.15) is 57.6 Å². The number of furan rings is 1. The first kappa shape index (κ1) is 20.5. The Bertz CT molecular complexity index is 1120. The number of aromatic nitrogens is 1. The number of amides is 2. The third-order valence-electron chi connectivity index (χ3n) is 5.38. The van der Waals surface area contributed by atoms with Crippen LogP contribution in [0.2, 0.25) is 0 Å². The summed E-state index contributed by atoms with van der Waals surface area (Å²) in [4.78, 5) is 31.3. The fourth-order valence-corrected chi connectivity index (χ4v) is 3.84. The van der Waals surface area contributed by atoms with E-state index in [9.17, 15) is 9.59 Å². The van der Waals surface area contributed by atoms with Crippen LogP contribution in [0.4, 0.5) is 5.69 Å². The number of benzene rings is 1. The van der Waals surface area contributed by atoms with Gasteiger partial charge in [-0.25, -0.2) is 5.43 Å². The number of nitrogens with zero attached hydrogens (tertiary/aromatic N) is 3. The third-order valence-corrected chi connectivity index (χ3v) is 5.38. The van der Waals surface area contributed by atoms with Gasteiger partial charge in [-0.1, -0.05) is 18.2 Å². The summed E-state index contributed by atoms with van der Waals surface area (Å²) in [5.41, 5.74) is 6.24. The fraction of sp³-hybridized carbons (Fsp3) is 0.250. The molecule has 1 aromatic carbocycles. The van der Waals surface area contributed by atoms with Gasteiger partial charge in [0.1, 0.15) is 5.76 Å². The number of hydrogen-bond donors (Lipinski definition) is 1. The molecule has 0 atom stereocenters. The molecule has 0 spiro atoms. The van der Waals surface area contributed by atoms with Crippen LogP contribution in [0.15, 0.2) is 64.4 Å². The lowest BCUT2D eigenvalue weighted by Crippen LogP contribution is -2.30. The Morgan fingerprint density at radius 3 is 2.58 bits per heavy atom. The average Bonchev–Trinajstić information content (AvgIpc) is 3.16. The van der Waals surface area contributed by atoms with Gasteiger partial charge in [-0.2, -0.15) is 5.10 Å². The van der Waals surface area contributed by atoms with Gasteiger partial charge < -0.3 is 9.32 Å². The minimum atomic E-state index is -0.305. The molecule has 1 aliphatic carbocycles. The lowest BCUT2D eigenvalue weighted by atomic mass is 9.93. The highest BCUT2D eigenvalue weighted by Crippen LogP contribution is 2.31. The van der Waals surface area contributed by atoms with E-state index in [-0.39, 0.29) is 11.8 Å². The molecule has 0 bridgehead atoms. The molecular weight excluding hydrogens is 392 g/mol. The van der Waals surface area contributed by atoms with Gasteiger partial charge in [0.05, 0.1) is 5.71 Å². The number of para-hydroxylation sites is 1. The molecule has 2 amide bonds. The minimum Gasteiger partial charge on any atom is -0.455 e. The molecule has 2 heterocycles. The predicted octanol–water partition coefficient (Wildman–Crippen LogP) is 4.12. The molecule has 1 aliphatic rings. The van der Waals surface area contributed by atoms with Gasteiger partial charge in [0.15, 0.2) is 5.76 Å². The highest BCUT2D eigenvalue weighted by atomic mass is 16.4. The lowest BCUT2D eigenvalue weighted by Gasteiger charge is -2.20. The quantitative estimate of drug-likeness (QED) is 0.634. The molecule has 0 fully saturated rings. The first-order chi connectivity index (χ1) is 15.1. The van der Waals surface area contributed by atoms with Gasteiger partial charge in [-0.05, 0) is 51.0 Å². The van der Waals surface area contributed by atoms with Crippen LogP contribution in [0.3, 0.4) is 0 Å². The maximum atomic E-state index is 13.3. The Hall–Kier alpha value is -3.74. The van der Waals surface area contributed by atoms with Gasteiger partial charge in [-0.3, -0.25) is 14.6 Å². The van der Waals surface area contributed by atoms with Crippen molar-refractivity contribution in [3.05, 3.63) is 83.1 Å². The number of pyridine rings is 1. The van der Waals surface area contributed by atoms with Crippen molar-refractivity contribution in [1.29, 1.82) is 0 Å². The van der Waals surface area contributed by atoms with E-state index >= 15 is 0 Å². The van der Waals surface area contributed by atoms with Gasteiger partial charge in [0.2, 0.25) is 0 Å². The summed E-state index contributed by atoms with van der Waals surface area (Å²) in [6, 6.07) is 12.8. The standard InChI is InChI=1S/C24H24N4O3/c1-3-28(18-8-5-4-6-9-18)24(30)22-16(2)21-19(10-7-11-20(21)31-22)26-27-23(29)17-12-14-25-15-13-17/h4-6,8-9,12-15H,3,7,10-11H2,1-2H3,(H,27,29)/b26-19+. The Morgan fingerprint density at radius 2 is 1.87 bits per heavy atom. The van der Waals surface area contributed by atoms with E-state index in [0.29, 0.717) is 24.3 Å². The molecule has 0 aliphatic heterocycles. The Morgan fingerprint density at radius 1 is 1.13 bits per heavy atom. The summed E-state index contributed by atoms with van der Waals surface area (Å²) >= 11 is 0. The van der Waals surface area contributed by atoms with E-state index in [2.05, 4.69) is 15.5 Å². The number of nitrogens with one attached hydrogen (secondary N) is 1. The van der Waals surface area contributed by atoms with Crippen LogP contribution in [0.5, 0.6) is 0 Å². The largest absolute Gasteiger partial charge is 0.455 e. The molecule has 4 rings (SSSR count).